The summed E-state index contributed by atoms with van der Waals surface area (Å²) in [5, 5.41) is 0. The lowest BCUT2D eigenvalue weighted by Crippen LogP contribution is -2.38. The van der Waals surface area contributed by atoms with Crippen LogP contribution in [0.25, 0.3) is 0 Å². The van der Waals surface area contributed by atoms with E-state index in [0.717, 1.165) is 12.8 Å². The van der Waals surface area contributed by atoms with Crippen molar-refractivity contribution in [3.8, 4) is 5.75 Å². The van der Waals surface area contributed by atoms with Gasteiger partial charge in [-0.05, 0) is 49.8 Å². The van der Waals surface area contributed by atoms with Gasteiger partial charge in [0.2, 0.25) is 11.8 Å². The first-order valence-corrected chi connectivity index (χ1v) is 8.28. The number of anilines is 1. The van der Waals surface area contributed by atoms with Crippen LogP contribution >= 0.6 is 0 Å². The van der Waals surface area contributed by atoms with E-state index in [-0.39, 0.29) is 41.3 Å². The van der Waals surface area contributed by atoms with Gasteiger partial charge >= 0.3 is 0 Å². The van der Waals surface area contributed by atoms with E-state index in [9.17, 15) is 14.4 Å². The number of carbonyl (C=O) groups excluding carboxylic acids is 3. The number of Topliss-reactive ketones (excluding diaryl/α,β-unsaturated/α-hetero) is 1. The van der Waals surface area contributed by atoms with E-state index in [0.29, 0.717) is 17.0 Å². The van der Waals surface area contributed by atoms with Crippen LogP contribution in [0.5, 0.6) is 5.75 Å². The van der Waals surface area contributed by atoms with E-state index >= 15 is 0 Å². The second-order valence-corrected chi connectivity index (χ2v) is 6.80. The third-order valence-electron chi connectivity index (χ3n) is 5.59. The number of nitrogens with zero attached hydrogens (tertiary/aromatic N) is 1. The number of fused-ring (bicyclic) bond motifs is 1. The summed E-state index contributed by atoms with van der Waals surface area (Å²) in [5.41, 5.74) is 0.844. The van der Waals surface area contributed by atoms with Gasteiger partial charge in [-0.3, -0.25) is 14.4 Å². The third kappa shape index (κ3) is 1.97. The molecule has 2 amide bonds. The molecule has 5 heteroatoms. The van der Waals surface area contributed by atoms with Gasteiger partial charge in [0.15, 0.2) is 5.78 Å². The van der Waals surface area contributed by atoms with Crippen molar-refractivity contribution >= 4 is 23.3 Å². The minimum absolute atomic E-state index is 0.114. The van der Waals surface area contributed by atoms with E-state index in [2.05, 4.69) is 12.2 Å². The highest BCUT2D eigenvalue weighted by atomic mass is 16.5. The number of amides is 2. The summed E-state index contributed by atoms with van der Waals surface area (Å²) >= 11 is 0. The Morgan fingerprint density at radius 1 is 1.08 bits per heavy atom. The number of ketones is 1. The molecule has 0 unspecified atom stereocenters. The molecule has 1 aromatic carbocycles. The van der Waals surface area contributed by atoms with E-state index in [1.54, 1.807) is 18.2 Å². The molecule has 0 N–H and O–H groups in total. The number of ether oxygens (including phenoxy) is 1. The number of benzene rings is 1. The van der Waals surface area contributed by atoms with Gasteiger partial charge in [0, 0.05) is 5.56 Å². The molecular formula is C19H19NO4. The Morgan fingerprint density at radius 2 is 1.67 bits per heavy atom. The fourth-order valence-corrected chi connectivity index (χ4v) is 4.40. The minimum Gasteiger partial charge on any atom is -0.495 e. The molecule has 0 radical (unpaired) electrons. The van der Waals surface area contributed by atoms with Crippen molar-refractivity contribution < 1.29 is 19.1 Å². The molecule has 1 saturated heterocycles. The molecular weight excluding hydrogens is 306 g/mol. The second kappa shape index (κ2) is 5.30. The lowest BCUT2D eigenvalue weighted by molar-refractivity contribution is -0.124. The van der Waals surface area contributed by atoms with Gasteiger partial charge in [-0.2, -0.15) is 0 Å². The van der Waals surface area contributed by atoms with Crippen molar-refractivity contribution in [2.45, 2.75) is 19.8 Å². The number of allylic oxidation sites excluding steroid dienone is 2. The summed E-state index contributed by atoms with van der Waals surface area (Å²) in [4.78, 5) is 39.0. The highest BCUT2D eigenvalue weighted by molar-refractivity contribution is 6.23. The molecule has 5 nitrogen and oxygen atoms in total. The van der Waals surface area contributed by atoms with Crippen molar-refractivity contribution in [1.82, 2.24) is 0 Å². The molecule has 1 heterocycles. The van der Waals surface area contributed by atoms with Crippen molar-refractivity contribution in [3.05, 3.63) is 35.9 Å². The van der Waals surface area contributed by atoms with Crippen LogP contribution in [0.1, 0.15) is 30.1 Å². The first-order chi connectivity index (χ1) is 11.5. The van der Waals surface area contributed by atoms with Crippen LogP contribution in [0, 0.1) is 23.7 Å². The smallest absolute Gasteiger partial charge is 0.238 e. The molecule has 5 rings (SSSR count). The molecule has 0 spiro atoms. The number of carbonyl (C=O) groups is 3. The zero-order valence-corrected chi connectivity index (χ0v) is 13.7. The van der Waals surface area contributed by atoms with Crippen LogP contribution in [-0.4, -0.2) is 24.7 Å². The van der Waals surface area contributed by atoms with Crippen molar-refractivity contribution in [3.63, 3.8) is 0 Å². The lowest BCUT2D eigenvalue weighted by Gasteiger charge is -2.38. The highest BCUT2D eigenvalue weighted by Crippen LogP contribution is 2.51. The minimum atomic E-state index is -0.271. The summed E-state index contributed by atoms with van der Waals surface area (Å²) in [6, 6.07) is 4.87. The van der Waals surface area contributed by atoms with Crippen LogP contribution in [0.15, 0.2) is 30.4 Å². The van der Waals surface area contributed by atoms with E-state index in [4.69, 9.17) is 4.74 Å². The molecule has 1 saturated carbocycles. The first kappa shape index (κ1) is 15.1. The Hall–Kier alpha value is -2.43. The van der Waals surface area contributed by atoms with Crippen LogP contribution in [0.2, 0.25) is 0 Å². The van der Waals surface area contributed by atoms with Gasteiger partial charge in [0.05, 0.1) is 24.6 Å². The molecule has 3 aliphatic carbocycles. The standard InChI is InChI=1S/C19H19NO4/c1-10(21)13-7-8-15(24-2)14(9-13)20-18(22)16-11-3-4-12(6-5-11)17(16)19(20)23/h3-4,7-9,11-12,16-17H,5-6H2,1-2H3/t11-,12-,16+,17+/m0/s1. The zero-order valence-electron chi connectivity index (χ0n) is 13.7. The second-order valence-electron chi connectivity index (χ2n) is 6.80. The fourth-order valence-electron chi connectivity index (χ4n) is 4.40. The fraction of sp³-hybridized carbons (Fsp3) is 0.421. The van der Waals surface area contributed by atoms with E-state index < -0.39 is 0 Å². The molecule has 124 valence electrons. The summed E-state index contributed by atoms with van der Waals surface area (Å²) in [5.74, 6) is -0.269. The van der Waals surface area contributed by atoms with E-state index in [1.165, 1.54) is 18.9 Å². The molecule has 1 aliphatic heterocycles. The van der Waals surface area contributed by atoms with Gasteiger partial charge in [-0.15, -0.1) is 0 Å². The largest absolute Gasteiger partial charge is 0.495 e. The zero-order chi connectivity index (χ0) is 17.0. The number of rotatable bonds is 3. The summed E-state index contributed by atoms with van der Waals surface area (Å²) in [6.45, 7) is 1.46. The average molecular weight is 325 g/mol. The normalized spacial score (nSPS) is 30.7. The van der Waals surface area contributed by atoms with Gasteiger partial charge in [0.25, 0.3) is 0 Å². The molecule has 1 aromatic rings. The first-order valence-electron chi connectivity index (χ1n) is 8.28. The molecule has 24 heavy (non-hydrogen) atoms. The van der Waals surface area contributed by atoms with Gasteiger partial charge in [-0.25, -0.2) is 4.90 Å². The monoisotopic (exact) mass is 325 g/mol. The number of methoxy groups -OCH3 is 1. The van der Waals surface area contributed by atoms with Crippen LogP contribution in [0.3, 0.4) is 0 Å². The Balaban J connectivity index is 1.80. The Kier molecular flexibility index (Phi) is 3.34. The van der Waals surface area contributed by atoms with Crippen LogP contribution < -0.4 is 9.64 Å². The number of hydrogen-bond donors (Lipinski definition) is 0. The quantitative estimate of drug-likeness (QED) is 0.487. The van der Waals surface area contributed by atoms with Crippen molar-refractivity contribution in [2.24, 2.45) is 23.7 Å². The molecule has 4 aliphatic rings. The van der Waals surface area contributed by atoms with Crippen LogP contribution in [0.4, 0.5) is 5.69 Å². The van der Waals surface area contributed by atoms with Gasteiger partial charge < -0.3 is 4.74 Å². The Labute approximate surface area is 140 Å². The predicted octanol–water partition coefficient (Wildman–Crippen LogP) is 2.60. The molecule has 2 bridgehead atoms. The van der Waals surface area contributed by atoms with Gasteiger partial charge in [-0.1, -0.05) is 12.2 Å². The highest BCUT2D eigenvalue weighted by Gasteiger charge is 2.57. The van der Waals surface area contributed by atoms with Crippen molar-refractivity contribution in [1.29, 1.82) is 0 Å². The predicted molar refractivity (Wildman–Crippen MR) is 87.8 cm³/mol. The summed E-state index contributed by atoms with van der Waals surface area (Å²) < 4.78 is 5.34. The third-order valence-corrected chi connectivity index (χ3v) is 5.59. The maximum absolute atomic E-state index is 13.0. The summed E-state index contributed by atoms with van der Waals surface area (Å²) in [6.07, 6.45) is 6.10. The summed E-state index contributed by atoms with van der Waals surface area (Å²) in [7, 11) is 1.50. The topological polar surface area (TPSA) is 63.7 Å². The lowest BCUT2D eigenvalue weighted by atomic mass is 9.63. The van der Waals surface area contributed by atoms with E-state index in [1.807, 2.05) is 0 Å². The molecule has 2 fully saturated rings. The van der Waals surface area contributed by atoms with Crippen molar-refractivity contribution in [2.75, 3.05) is 12.0 Å². The maximum Gasteiger partial charge on any atom is 0.238 e. The Morgan fingerprint density at radius 3 is 2.12 bits per heavy atom. The number of hydrogen-bond acceptors (Lipinski definition) is 4. The van der Waals surface area contributed by atoms with Crippen LogP contribution in [-0.2, 0) is 9.59 Å². The number of imide groups is 1. The maximum atomic E-state index is 13.0. The SMILES string of the molecule is COc1ccc(C(C)=O)cc1N1C(=O)[C@H]2[C@H](C1=O)[C@H]1C=C[C@H]2CC1. The van der Waals surface area contributed by atoms with Gasteiger partial charge in [0.1, 0.15) is 5.75 Å². The molecule has 0 aromatic heterocycles. The molecule has 4 atom stereocenters. The Bertz CT molecular complexity index is 750. The average Bonchev–Trinajstić information content (AvgIpc) is 2.88.